The second-order valence-electron chi connectivity index (χ2n) is 4.86. The number of halogens is 2. The molecule has 0 saturated carbocycles. The summed E-state index contributed by atoms with van der Waals surface area (Å²) in [6, 6.07) is 1.44. The van der Waals surface area contributed by atoms with E-state index in [2.05, 4.69) is 5.32 Å². The van der Waals surface area contributed by atoms with Crippen LogP contribution in [0.15, 0.2) is 11.0 Å². The van der Waals surface area contributed by atoms with Crippen LogP contribution in [0.3, 0.4) is 0 Å². The molecule has 8 heteroatoms. The van der Waals surface area contributed by atoms with Crippen LogP contribution in [-0.4, -0.2) is 38.9 Å². The number of thiophene rings is 1. The highest BCUT2D eigenvalue weighted by atomic mass is 35.5. The first-order valence-corrected chi connectivity index (χ1v) is 9.62. The quantitative estimate of drug-likeness (QED) is 0.881. The summed E-state index contributed by atoms with van der Waals surface area (Å²) in [6.07, 6.45) is 2.14. The zero-order valence-corrected chi connectivity index (χ0v) is 14.4. The monoisotopic (exact) mass is 356 g/mol. The second-order valence-corrected chi connectivity index (χ2v) is 9.05. The average Bonchev–Trinajstić information content (AvgIpc) is 2.76. The molecule has 2 rings (SSSR count). The largest absolute Gasteiger partial charge is 0.316 e. The van der Waals surface area contributed by atoms with Crippen LogP contribution in [0.1, 0.15) is 19.8 Å². The van der Waals surface area contributed by atoms with Gasteiger partial charge in [0.1, 0.15) is 9.23 Å². The van der Waals surface area contributed by atoms with Gasteiger partial charge in [-0.1, -0.05) is 30.1 Å². The van der Waals surface area contributed by atoms with Gasteiger partial charge in [0.15, 0.2) is 0 Å². The van der Waals surface area contributed by atoms with E-state index in [4.69, 9.17) is 23.2 Å². The van der Waals surface area contributed by atoms with Crippen molar-refractivity contribution < 1.29 is 8.42 Å². The van der Waals surface area contributed by atoms with E-state index in [0.29, 0.717) is 23.3 Å². The molecule has 1 atom stereocenters. The van der Waals surface area contributed by atoms with Gasteiger partial charge >= 0.3 is 0 Å². The number of nitrogens with zero attached hydrogens (tertiary/aromatic N) is 1. The summed E-state index contributed by atoms with van der Waals surface area (Å²) in [7, 11) is -3.56. The molecule has 0 radical (unpaired) electrons. The summed E-state index contributed by atoms with van der Waals surface area (Å²) < 4.78 is 27.4. The van der Waals surface area contributed by atoms with Crippen LogP contribution in [0.2, 0.25) is 8.67 Å². The third kappa shape index (κ3) is 3.67. The Bertz CT molecular complexity index is 554. The topological polar surface area (TPSA) is 49.4 Å². The normalized spacial score (nSPS) is 20.5. The summed E-state index contributed by atoms with van der Waals surface area (Å²) in [6.45, 7) is 4.68. The zero-order chi connectivity index (χ0) is 14.8. The average molecular weight is 357 g/mol. The molecule has 1 aromatic rings. The van der Waals surface area contributed by atoms with Crippen molar-refractivity contribution in [1.29, 1.82) is 0 Å². The van der Waals surface area contributed by atoms with E-state index in [-0.39, 0.29) is 9.23 Å². The van der Waals surface area contributed by atoms with E-state index in [1.807, 2.05) is 6.92 Å². The molecule has 0 aromatic carbocycles. The standard InChI is InChI=1S/C12H18Cl2N2O2S2/c1-2-16(8-9-4-3-5-15-7-9)20(17,18)10-6-11(13)19-12(10)14/h6,9,15H,2-5,7-8H2,1H3. The molecule has 1 saturated heterocycles. The van der Waals surface area contributed by atoms with Gasteiger partial charge in [0, 0.05) is 13.1 Å². The van der Waals surface area contributed by atoms with Crippen molar-refractivity contribution in [2.75, 3.05) is 26.2 Å². The van der Waals surface area contributed by atoms with Gasteiger partial charge in [0.05, 0.1) is 4.34 Å². The molecule has 1 unspecified atom stereocenters. The maximum atomic E-state index is 12.6. The van der Waals surface area contributed by atoms with E-state index in [1.54, 1.807) is 0 Å². The Kier molecular flexibility index (Phi) is 5.73. The van der Waals surface area contributed by atoms with Crippen molar-refractivity contribution in [3.8, 4) is 0 Å². The third-order valence-electron chi connectivity index (χ3n) is 3.46. The van der Waals surface area contributed by atoms with E-state index >= 15 is 0 Å². The van der Waals surface area contributed by atoms with Crippen molar-refractivity contribution in [1.82, 2.24) is 9.62 Å². The fourth-order valence-electron chi connectivity index (χ4n) is 2.41. The second kappa shape index (κ2) is 6.94. The van der Waals surface area contributed by atoms with Crippen LogP contribution < -0.4 is 5.32 Å². The molecule has 0 spiro atoms. The fourth-order valence-corrected chi connectivity index (χ4v) is 6.04. The third-order valence-corrected chi connectivity index (χ3v) is 7.15. The number of nitrogens with one attached hydrogen (secondary N) is 1. The Morgan fingerprint density at radius 1 is 1.50 bits per heavy atom. The fraction of sp³-hybridized carbons (Fsp3) is 0.667. The van der Waals surface area contributed by atoms with Crippen molar-refractivity contribution in [2.45, 2.75) is 24.7 Å². The highest BCUT2D eigenvalue weighted by molar-refractivity contribution is 7.89. The Morgan fingerprint density at radius 3 is 2.75 bits per heavy atom. The molecule has 0 bridgehead atoms. The van der Waals surface area contributed by atoms with E-state index < -0.39 is 10.0 Å². The first-order chi connectivity index (χ1) is 9.45. The molecule has 1 aliphatic rings. The van der Waals surface area contributed by atoms with Crippen LogP contribution in [-0.2, 0) is 10.0 Å². The molecule has 0 aliphatic carbocycles. The summed E-state index contributed by atoms with van der Waals surface area (Å²) >= 11 is 12.9. The maximum absolute atomic E-state index is 12.6. The molecule has 4 nitrogen and oxygen atoms in total. The number of piperidine rings is 1. The van der Waals surface area contributed by atoms with Gasteiger partial charge in [0.2, 0.25) is 10.0 Å². The van der Waals surface area contributed by atoms with Gasteiger partial charge in [0.25, 0.3) is 0 Å². The first kappa shape index (κ1) is 16.5. The van der Waals surface area contributed by atoms with Gasteiger partial charge < -0.3 is 5.32 Å². The molecular formula is C12H18Cl2N2O2S2. The molecule has 2 heterocycles. The predicted octanol–water partition coefficient (Wildman–Crippen LogP) is 3.07. The SMILES string of the molecule is CCN(CC1CCCNC1)S(=O)(=O)c1cc(Cl)sc1Cl. The summed E-state index contributed by atoms with van der Waals surface area (Å²) in [5.74, 6) is 0.353. The van der Waals surface area contributed by atoms with Gasteiger partial charge in [-0.25, -0.2) is 8.42 Å². The Labute approximate surface area is 134 Å². The molecule has 1 N–H and O–H groups in total. The van der Waals surface area contributed by atoms with Crippen LogP contribution in [0.25, 0.3) is 0 Å². The molecule has 1 aliphatic heterocycles. The number of rotatable bonds is 5. The van der Waals surface area contributed by atoms with Gasteiger partial charge in [-0.2, -0.15) is 4.31 Å². The lowest BCUT2D eigenvalue weighted by atomic mass is 10.00. The van der Waals surface area contributed by atoms with Crippen LogP contribution >= 0.6 is 34.5 Å². The molecule has 1 fully saturated rings. The zero-order valence-electron chi connectivity index (χ0n) is 11.2. The van der Waals surface area contributed by atoms with E-state index in [1.165, 1.54) is 10.4 Å². The minimum atomic E-state index is -3.56. The Hall–Kier alpha value is 0.150. The molecule has 1 aromatic heterocycles. The van der Waals surface area contributed by atoms with Crippen LogP contribution in [0.4, 0.5) is 0 Å². The van der Waals surface area contributed by atoms with Gasteiger partial charge in [-0.3, -0.25) is 0 Å². The number of sulfonamides is 1. The first-order valence-electron chi connectivity index (χ1n) is 6.61. The van der Waals surface area contributed by atoms with Crippen molar-refractivity contribution in [3.63, 3.8) is 0 Å². The number of hydrogen-bond donors (Lipinski definition) is 1. The van der Waals surface area contributed by atoms with E-state index in [0.717, 1.165) is 37.3 Å². The maximum Gasteiger partial charge on any atom is 0.245 e. The number of hydrogen-bond acceptors (Lipinski definition) is 4. The molecule has 20 heavy (non-hydrogen) atoms. The molecule has 114 valence electrons. The summed E-state index contributed by atoms with van der Waals surface area (Å²) in [5.41, 5.74) is 0. The molecular weight excluding hydrogens is 339 g/mol. The molecule has 0 amide bonds. The minimum absolute atomic E-state index is 0.125. The van der Waals surface area contributed by atoms with Crippen LogP contribution in [0.5, 0.6) is 0 Å². The summed E-state index contributed by atoms with van der Waals surface area (Å²) in [4.78, 5) is 0.125. The van der Waals surface area contributed by atoms with Gasteiger partial charge in [-0.05, 0) is 37.9 Å². The Morgan fingerprint density at radius 2 is 2.25 bits per heavy atom. The smallest absolute Gasteiger partial charge is 0.245 e. The predicted molar refractivity (Wildman–Crippen MR) is 84.4 cm³/mol. The van der Waals surface area contributed by atoms with E-state index in [9.17, 15) is 8.42 Å². The summed E-state index contributed by atoms with van der Waals surface area (Å²) in [5, 5.41) is 3.30. The Balaban J connectivity index is 2.18. The van der Waals surface area contributed by atoms with Crippen molar-refractivity contribution >= 4 is 44.6 Å². The minimum Gasteiger partial charge on any atom is -0.316 e. The highest BCUT2D eigenvalue weighted by Gasteiger charge is 2.29. The van der Waals surface area contributed by atoms with Crippen LogP contribution in [0, 0.1) is 5.92 Å². The highest BCUT2D eigenvalue weighted by Crippen LogP contribution is 2.36. The van der Waals surface area contributed by atoms with Crippen molar-refractivity contribution in [3.05, 3.63) is 14.7 Å². The lowest BCUT2D eigenvalue weighted by Crippen LogP contribution is -2.40. The lowest BCUT2D eigenvalue weighted by Gasteiger charge is -2.28. The lowest BCUT2D eigenvalue weighted by molar-refractivity contribution is 0.298. The van der Waals surface area contributed by atoms with Gasteiger partial charge in [-0.15, -0.1) is 11.3 Å². The van der Waals surface area contributed by atoms with Crippen molar-refractivity contribution in [2.24, 2.45) is 5.92 Å².